The van der Waals surface area contributed by atoms with Crippen molar-refractivity contribution in [2.45, 2.75) is 26.5 Å². The van der Waals surface area contributed by atoms with E-state index in [1.807, 2.05) is 6.07 Å². The first-order chi connectivity index (χ1) is 16.4. The number of nitrogens with zero attached hydrogens (tertiary/aromatic N) is 1. The summed E-state index contributed by atoms with van der Waals surface area (Å²) in [5.41, 5.74) is 8.74. The number of aromatic nitrogens is 1. The van der Waals surface area contributed by atoms with E-state index in [4.69, 9.17) is 14.9 Å². The van der Waals surface area contributed by atoms with Crippen LogP contribution in [0.15, 0.2) is 59.3 Å². The van der Waals surface area contributed by atoms with Crippen molar-refractivity contribution in [3.05, 3.63) is 77.6 Å². The van der Waals surface area contributed by atoms with Gasteiger partial charge in [-0.25, -0.2) is 4.39 Å². The molecule has 1 amide bonds. The highest BCUT2D eigenvalue weighted by atomic mass is 19.1. The maximum Gasteiger partial charge on any atom is 0.307 e. The second-order valence-corrected chi connectivity index (χ2v) is 7.67. The fourth-order valence-electron chi connectivity index (χ4n) is 3.70. The number of amides is 1. The van der Waals surface area contributed by atoms with Gasteiger partial charge in [0.25, 0.3) is 0 Å². The summed E-state index contributed by atoms with van der Waals surface area (Å²) in [6.07, 6.45) is 2.76. The number of hydrogen-bond acceptors (Lipinski definition) is 6. The van der Waals surface area contributed by atoms with Crippen molar-refractivity contribution in [3.63, 3.8) is 0 Å². The molecule has 4 rings (SSSR count). The normalized spacial score (nSPS) is 10.9. The summed E-state index contributed by atoms with van der Waals surface area (Å²) in [5.74, 6) is -1.47. The van der Waals surface area contributed by atoms with Crippen LogP contribution >= 0.6 is 0 Å². The number of carboxylic acids is 1. The molecule has 4 aromatic rings. The summed E-state index contributed by atoms with van der Waals surface area (Å²) >= 11 is 0. The fraction of sp³-hybridized carbons (Fsp3) is 0.160. The Labute approximate surface area is 194 Å². The van der Waals surface area contributed by atoms with Crippen molar-refractivity contribution >= 4 is 28.5 Å². The number of carbonyl (C=O) groups is 2. The number of aliphatic carboxylic acids is 1. The molecule has 34 heavy (non-hydrogen) atoms. The molecule has 0 spiro atoms. The smallest absolute Gasteiger partial charge is 0.307 e. The zero-order valence-corrected chi connectivity index (χ0v) is 18.3. The van der Waals surface area contributed by atoms with Gasteiger partial charge in [0, 0.05) is 53.5 Å². The van der Waals surface area contributed by atoms with Gasteiger partial charge in [0.1, 0.15) is 17.9 Å². The van der Waals surface area contributed by atoms with Crippen LogP contribution in [0.25, 0.3) is 22.1 Å². The number of halogens is 1. The third-order valence-corrected chi connectivity index (χ3v) is 5.18. The van der Waals surface area contributed by atoms with E-state index >= 15 is 0 Å². The molecule has 0 radical (unpaired) electrons. The van der Waals surface area contributed by atoms with Gasteiger partial charge in [0.2, 0.25) is 5.91 Å². The topological polar surface area (TPSA) is 128 Å². The van der Waals surface area contributed by atoms with Crippen LogP contribution in [0, 0.1) is 5.82 Å². The molecule has 0 bridgehead atoms. The van der Waals surface area contributed by atoms with E-state index in [9.17, 15) is 19.1 Å². The van der Waals surface area contributed by atoms with Gasteiger partial charge in [-0.2, -0.15) is 0 Å². The van der Waals surface area contributed by atoms with Gasteiger partial charge in [-0.3, -0.25) is 14.6 Å². The number of nitrogens with two attached hydrogens (primary N) is 1. The third-order valence-electron chi connectivity index (χ3n) is 5.18. The van der Waals surface area contributed by atoms with E-state index in [0.717, 1.165) is 5.39 Å². The highest BCUT2D eigenvalue weighted by Crippen LogP contribution is 2.34. The summed E-state index contributed by atoms with van der Waals surface area (Å²) in [6, 6.07) is 11.7. The SMILES string of the molecule is CC(=O)Nc1ccc(CC(=O)O)c(OCc2cc(-c3ccnc(CN)c3F)c3occc3c2)c1. The van der Waals surface area contributed by atoms with Gasteiger partial charge in [-0.1, -0.05) is 6.07 Å². The number of nitrogens with one attached hydrogen (secondary N) is 1. The van der Waals surface area contributed by atoms with Crippen LogP contribution in [0.1, 0.15) is 23.7 Å². The number of carbonyl (C=O) groups excluding carboxylic acids is 1. The summed E-state index contributed by atoms with van der Waals surface area (Å²) < 4.78 is 26.6. The Kier molecular flexibility index (Phi) is 6.55. The van der Waals surface area contributed by atoms with Crippen LogP contribution < -0.4 is 15.8 Å². The number of hydrogen-bond donors (Lipinski definition) is 3. The molecule has 0 aliphatic rings. The molecule has 2 aromatic heterocycles. The summed E-state index contributed by atoms with van der Waals surface area (Å²) in [5, 5.41) is 12.6. The number of pyridine rings is 1. The van der Waals surface area contributed by atoms with Gasteiger partial charge in [0.15, 0.2) is 5.82 Å². The van der Waals surface area contributed by atoms with Gasteiger partial charge in [-0.05, 0) is 35.9 Å². The first kappa shape index (κ1) is 22.9. The van der Waals surface area contributed by atoms with Crippen molar-refractivity contribution in [1.29, 1.82) is 0 Å². The molecule has 0 atom stereocenters. The van der Waals surface area contributed by atoms with Crippen molar-refractivity contribution in [1.82, 2.24) is 4.98 Å². The Hall–Kier alpha value is -4.24. The summed E-state index contributed by atoms with van der Waals surface area (Å²) in [7, 11) is 0. The van der Waals surface area contributed by atoms with Crippen LogP contribution in [0.5, 0.6) is 5.75 Å². The molecule has 8 nitrogen and oxygen atoms in total. The van der Waals surface area contributed by atoms with Crippen LogP contribution in [-0.4, -0.2) is 22.0 Å². The van der Waals surface area contributed by atoms with E-state index in [1.54, 1.807) is 36.4 Å². The monoisotopic (exact) mass is 463 g/mol. The lowest BCUT2D eigenvalue weighted by atomic mass is 10.00. The third kappa shape index (κ3) is 4.89. The molecule has 4 N–H and O–H groups in total. The van der Waals surface area contributed by atoms with E-state index in [1.165, 1.54) is 19.4 Å². The van der Waals surface area contributed by atoms with Crippen LogP contribution in [0.3, 0.4) is 0 Å². The van der Waals surface area contributed by atoms with E-state index in [0.29, 0.717) is 39.3 Å². The number of furan rings is 1. The summed E-state index contributed by atoms with van der Waals surface area (Å²) in [4.78, 5) is 26.7. The van der Waals surface area contributed by atoms with Crippen molar-refractivity contribution in [3.8, 4) is 16.9 Å². The average Bonchev–Trinajstić information content (AvgIpc) is 3.27. The lowest BCUT2D eigenvalue weighted by Gasteiger charge is -2.14. The Bertz CT molecular complexity index is 1380. The van der Waals surface area contributed by atoms with Gasteiger partial charge < -0.3 is 25.3 Å². The number of ether oxygens (including phenoxy) is 1. The molecule has 9 heteroatoms. The van der Waals surface area contributed by atoms with Crippen LogP contribution in [0.2, 0.25) is 0 Å². The molecular formula is C25H22FN3O5. The molecule has 0 fully saturated rings. The Morgan fingerprint density at radius 3 is 2.74 bits per heavy atom. The molecule has 0 aliphatic heterocycles. The lowest BCUT2D eigenvalue weighted by Crippen LogP contribution is -2.08. The summed E-state index contributed by atoms with van der Waals surface area (Å²) in [6.45, 7) is 1.41. The number of benzene rings is 2. The number of fused-ring (bicyclic) bond motifs is 1. The predicted molar refractivity (Wildman–Crippen MR) is 124 cm³/mol. The second-order valence-electron chi connectivity index (χ2n) is 7.67. The molecule has 0 unspecified atom stereocenters. The second kappa shape index (κ2) is 9.72. The van der Waals surface area contributed by atoms with Crippen LogP contribution in [-0.2, 0) is 29.2 Å². The molecule has 0 aliphatic carbocycles. The highest BCUT2D eigenvalue weighted by molar-refractivity contribution is 5.93. The molecule has 0 saturated carbocycles. The van der Waals surface area contributed by atoms with Crippen LogP contribution in [0.4, 0.5) is 10.1 Å². The zero-order chi connectivity index (χ0) is 24.2. The average molecular weight is 463 g/mol. The van der Waals surface area contributed by atoms with Gasteiger partial charge in [-0.15, -0.1) is 0 Å². The minimum Gasteiger partial charge on any atom is -0.489 e. The Morgan fingerprint density at radius 1 is 1.18 bits per heavy atom. The van der Waals surface area contributed by atoms with Gasteiger partial charge >= 0.3 is 5.97 Å². The first-order valence-electron chi connectivity index (χ1n) is 10.4. The van der Waals surface area contributed by atoms with Crippen molar-refractivity contribution < 1.29 is 28.2 Å². The molecule has 0 saturated heterocycles. The zero-order valence-electron chi connectivity index (χ0n) is 18.3. The fourth-order valence-corrected chi connectivity index (χ4v) is 3.70. The van der Waals surface area contributed by atoms with Crippen molar-refractivity contribution in [2.24, 2.45) is 5.73 Å². The van der Waals surface area contributed by atoms with E-state index in [2.05, 4.69) is 10.3 Å². The van der Waals surface area contributed by atoms with E-state index in [-0.39, 0.29) is 31.2 Å². The largest absolute Gasteiger partial charge is 0.489 e. The number of anilines is 1. The number of rotatable bonds is 8. The van der Waals surface area contributed by atoms with Gasteiger partial charge in [0.05, 0.1) is 18.4 Å². The van der Waals surface area contributed by atoms with E-state index < -0.39 is 11.8 Å². The Morgan fingerprint density at radius 2 is 2.00 bits per heavy atom. The quantitative estimate of drug-likeness (QED) is 0.356. The molecule has 174 valence electrons. The predicted octanol–water partition coefficient (Wildman–Crippen LogP) is 4.26. The minimum absolute atomic E-state index is 0.0409. The molecular weight excluding hydrogens is 441 g/mol. The standard InChI is InChI=1S/C25H22FN3O5/c1-14(30)29-18-3-2-16(10-23(31)32)22(11-18)34-13-15-8-17-5-7-33-25(17)20(9-15)19-4-6-28-21(12-27)24(19)26/h2-9,11H,10,12-13,27H2,1H3,(H,29,30)(H,31,32). The minimum atomic E-state index is -1.01. The highest BCUT2D eigenvalue weighted by Gasteiger charge is 2.17. The molecule has 2 heterocycles. The maximum absolute atomic E-state index is 15.0. The Balaban J connectivity index is 1.70. The molecule has 2 aromatic carbocycles. The number of carboxylic acid groups (broad SMARTS) is 1. The first-order valence-corrected chi connectivity index (χ1v) is 10.4. The lowest BCUT2D eigenvalue weighted by molar-refractivity contribution is -0.136. The maximum atomic E-state index is 15.0. The van der Waals surface area contributed by atoms with Crippen molar-refractivity contribution in [2.75, 3.05) is 5.32 Å².